The summed E-state index contributed by atoms with van der Waals surface area (Å²) in [4.78, 5) is 0. The van der Waals surface area contributed by atoms with Gasteiger partial charge in [0.15, 0.2) is 0 Å². The summed E-state index contributed by atoms with van der Waals surface area (Å²) in [5.74, 6) is 6.75. The molecule has 6 aromatic carbocycles. The van der Waals surface area contributed by atoms with Crippen LogP contribution in [0.3, 0.4) is 0 Å². The average molecular weight is 911 g/mol. The topological polar surface area (TPSA) is 63.2 Å². The van der Waals surface area contributed by atoms with Crippen molar-refractivity contribution in [2.45, 2.75) is 40.8 Å². The van der Waals surface area contributed by atoms with Gasteiger partial charge in [-0.2, -0.15) is 0 Å². The van der Waals surface area contributed by atoms with Crippen LogP contribution in [0.2, 0.25) is 13.1 Å². The Bertz CT molecular complexity index is 2490. The Morgan fingerprint density at radius 1 is 0.500 bits per heavy atom. The Labute approximate surface area is 356 Å². The van der Waals surface area contributed by atoms with Crippen LogP contribution in [0.5, 0.6) is 23.0 Å². The first-order valence-corrected chi connectivity index (χ1v) is 31.3. The number of hydrogen-bond donors (Lipinski definition) is 0. The predicted molar refractivity (Wildman–Crippen MR) is 240 cm³/mol. The van der Waals surface area contributed by atoms with Crippen molar-refractivity contribution in [3.63, 3.8) is 0 Å². The zero-order valence-electron chi connectivity index (χ0n) is 34.6. The summed E-state index contributed by atoms with van der Waals surface area (Å²) in [6, 6.07) is 37.4. The summed E-state index contributed by atoms with van der Waals surface area (Å²) in [5.41, 5.74) is 8.92. The molecule has 0 bridgehead atoms. The predicted octanol–water partition coefficient (Wildman–Crippen LogP) is 14.4. The van der Waals surface area contributed by atoms with Gasteiger partial charge in [0.2, 0.25) is 0 Å². The van der Waals surface area contributed by atoms with Crippen LogP contribution >= 0.6 is 17.0 Å². The van der Waals surface area contributed by atoms with Crippen LogP contribution in [-0.2, 0) is 18.0 Å². The molecule has 6 nitrogen and oxygen atoms in total. The molecule has 0 radical (unpaired) electrons. The standard InChI is InChI=1S/2C23H21O3.C2H6Si.2ClH.Zr/c2*1-14-5-7-16-9-17(22-8-6-15(2)26-22)12-21(16)23(14)18-10-19(24-3)13-20(11-18)25-4;1-3-2;;;/h2*5-13H,1-4H3;1-2H3;2*1H;/q2*-1;;;;+2/p-2. The number of halogens is 2. The molecule has 58 heavy (non-hydrogen) atoms. The fourth-order valence-electron chi connectivity index (χ4n) is 6.92. The number of furan rings is 2. The van der Waals surface area contributed by atoms with Gasteiger partial charge < -0.3 is 27.8 Å². The molecule has 8 aromatic rings. The van der Waals surface area contributed by atoms with Gasteiger partial charge in [-0.05, 0) is 98.5 Å². The third kappa shape index (κ3) is 9.86. The van der Waals surface area contributed by atoms with Gasteiger partial charge >= 0.3 is 53.5 Å². The first-order chi connectivity index (χ1) is 27.8. The summed E-state index contributed by atoms with van der Waals surface area (Å²) in [5, 5.41) is 4.78. The van der Waals surface area contributed by atoms with Crippen LogP contribution in [0, 0.1) is 27.7 Å². The molecular formula is C48H48Cl2O6SiZr-2. The molecular weight excluding hydrogens is 863 g/mol. The second kappa shape index (κ2) is 19.1. The van der Waals surface area contributed by atoms with Crippen LogP contribution in [0.4, 0.5) is 0 Å². The first kappa shape index (κ1) is 43.1. The van der Waals surface area contributed by atoms with Crippen LogP contribution in [0.1, 0.15) is 22.6 Å². The molecule has 0 amide bonds. The average Bonchev–Trinajstić information content (AvgIpc) is 4.04. The molecule has 0 fully saturated rings. The van der Waals surface area contributed by atoms with Crippen molar-refractivity contribution in [3.05, 3.63) is 132 Å². The minimum atomic E-state index is -1.65. The molecule has 10 heteroatoms. The quantitative estimate of drug-likeness (QED) is 0.112. The van der Waals surface area contributed by atoms with E-state index in [9.17, 15) is 0 Å². The van der Waals surface area contributed by atoms with E-state index in [0.29, 0.717) is 0 Å². The molecule has 0 spiro atoms. The number of aryl methyl sites for hydroxylation is 4. The van der Waals surface area contributed by atoms with Gasteiger partial charge in [-0.25, -0.2) is 0 Å². The van der Waals surface area contributed by atoms with Crippen molar-refractivity contribution < 1.29 is 45.8 Å². The van der Waals surface area contributed by atoms with Crippen molar-refractivity contribution in [2.75, 3.05) is 28.4 Å². The molecule has 8 rings (SSSR count). The molecule has 0 N–H and O–H groups in total. The summed E-state index contributed by atoms with van der Waals surface area (Å²) in [6.07, 6.45) is 0. The number of rotatable bonds is 8. The van der Waals surface area contributed by atoms with Gasteiger partial charge in [-0.15, -0.1) is 57.9 Å². The fraction of sp³-hybridized carbons (Fsp3) is 0.208. The fourth-order valence-corrected chi connectivity index (χ4v) is 6.92. The molecule has 300 valence electrons. The molecule has 0 aliphatic rings. The summed E-state index contributed by atoms with van der Waals surface area (Å²) in [6.45, 7) is 12.5. The van der Waals surface area contributed by atoms with E-state index in [4.69, 9.17) is 44.8 Å². The number of hydrogen-bond acceptors (Lipinski definition) is 6. The Balaban J connectivity index is 0.000000172. The molecule has 0 saturated heterocycles. The van der Waals surface area contributed by atoms with Gasteiger partial charge in [0.05, 0.1) is 51.5 Å². The third-order valence-electron chi connectivity index (χ3n) is 9.90. The van der Waals surface area contributed by atoms with Crippen molar-refractivity contribution in [3.8, 4) is 67.9 Å². The van der Waals surface area contributed by atoms with Crippen molar-refractivity contribution in [1.29, 1.82) is 0 Å². The van der Waals surface area contributed by atoms with Gasteiger partial charge in [0, 0.05) is 12.1 Å². The number of ether oxygens (including phenoxy) is 4. The number of fused-ring (bicyclic) bond motifs is 2. The molecule has 0 atom stereocenters. The van der Waals surface area contributed by atoms with Crippen molar-refractivity contribution in [2.24, 2.45) is 0 Å². The monoisotopic (exact) mass is 908 g/mol. The van der Waals surface area contributed by atoms with Gasteiger partial charge in [-0.3, -0.25) is 0 Å². The second-order valence-electron chi connectivity index (χ2n) is 14.3. The number of benzene rings is 4. The van der Waals surface area contributed by atoms with Gasteiger partial charge in [0.25, 0.3) is 0 Å². The minimum absolute atomic E-state index is 0.224. The second-order valence-corrected chi connectivity index (χ2v) is 37.3. The van der Waals surface area contributed by atoms with E-state index in [1.54, 1.807) is 28.4 Å². The summed E-state index contributed by atoms with van der Waals surface area (Å²) < 4.78 is 33.4. The Morgan fingerprint density at radius 2 is 0.845 bits per heavy atom. The molecule has 0 saturated carbocycles. The first-order valence-electron chi connectivity index (χ1n) is 18.8. The Morgan fingerprint density at radius 3 is 1.12 bits per heavy atom. The van der Waals surface area contributed by atoms with E-state index in [1.165, 1.54) is 43.8 Å². The van der Waals surface area contributed by atoms with Crippen LogP contribution in [0.25, 0.3) is 66.4 Å². The Hall–Kier alpha value is -4.46. The van der Waals surface area contributed by atoms with Crippen LogP contribution < -0.4 is 18.9 Å². The van der Waals surface area contributed by atoms with Gasteiger partial charge in [-0.1, -0.05) is 34.4 Å². The zero-order chi connectivity index (χ0) is 41.7. The maximum atomic E-state index is 5.81. The Kier molecular flexibility index (Phi) is 14.2. The van der Waals surface area contributed by atoms with E-state index >= 15 is 0 Å². The van der Waals surface area contributed by atoms with E-state index in [0.717, 1.165) is 68.3 Å². The van der Waals surface area contributed by atoms with Crippen LogP contribution in [0.15, 0.2) is 118 Å². The zero-order valence-corrected chi connectivity index (χ0v) is 39.6. The van der Waals surface area contributed by atoms with Crippen molar-refractivity contribution >= 4 is 44.0 Å². The molecule has 0 aliphatic carbocycles. The molecule has 2 aromatic heterocycles. The van der Waals surface area contributed by atoms with Crippen molar-refractivity contribution in [1.82, 2.24) is 0 Å². The van der Waals surface area contributed by atoms with E-state index in [1.807, 2.05) is 74.5 Å². The van der Waals surface area contributed by atoms with E-state index in [-0.39, 0.29) is 5.43 Å². The third-order valence-corrected chi connectivity index (χ3v) is 29.7. The molecule has 2 heterocycles. The summed E-state index contributed by atoms with van der Waals surface area (Å²) >= 11 is -1.65. The number of methoxy groups -OCH3 is 4. The normalized spacial score (nSPS) is 10.8. The molecule has 0 unspecified atom stereocenters. The summed E-state index contributed by atoms with van der Waals surface area (Å²) in [7, 11) is 17.9. The van der Waals surface area contributed by atoms with E-state index in [2.05, 4.69) is 75.5 Å². The maximum absolute atomic E-state index is 5.81. The van der Waals surface area contributed by atoms with Crippen LogP contribution in [-0.4, -0.2) is 33.9 Å². The van der Waals surface area contributed by atoms with Gasteiger partial charge in [0.1, 0.15) is 23.0 Å². The SMILES string of the molecule is COc1cc(OC)cc(-c2c(C)ccc3[cH-]c(-c4ccc(C)o4)cc23)c1.COc1cc(OC)cc(-c2c(C)ccc3[cH-]c(-c4ccc(C)o4)cc23)c1.C[Si](C)=[Zr]([Cl])[Cl]. The van der Waals surface area contributed by atoms with E-state index < -0.39 is 18.0 Å². The molecule has 0 aliphatic heterocycles.